The van der Waals surface area contributed by atoms with Gasteiger partial charge in [0.1, 0.15) is 17.5 Å². The van der Waals surface area contributed by atoms with Crippen molar-refractivity contribution >= 4 is 29.1 Å². The monoisotopic (exact) mass is 361 g/mol. The summed E-state index contributed by atoms with van der Waals surface area (Å²) in [4.78, 5) is 1.22. The summed E-state index contributed by atoms with van der Waals surface area (Å²) in [6, 6.07) is 4.32. The van der Waals surface area contributed by atoms with E-state index in [1.54, 1.807) is 6.07 Å². The lowest BCUT2D eigenvalue weighted by Gasteiger charge is -2.31. The molecular weight excluding hydrogens is 347 g/mol. The summed E-state index contributed by atoms with van der Waals surface area (Å²) in [5.74, 6) is 0.215. The summed E-state index contributed by atoms with van der Waals surface area (Å²) >= 11 is 7.40. The summed E-state index contributed by atoms with van der Waals surface area (Å²) in [6.07, 6.45) is 2.27. The van der Waals surface area contributed by atoms with Crippen molar-refractivity contribution in [3.8, 4) is 5.75 Å². The summed E-state index contributed by atoms with van der Waals surface area (Å²) in [5.41, 5.74) is 0.684. The van der Waals surface area contributed by atoms with Gasteiger partial charge in [0.15, 0.2) is 0 Å². The second-order valence-corrected chi connectivity index (χ2v) is 5.93. The first-order valence-corrected chi connectivity index (χ1v) is 8.45. The molecule has 0 spiro atoms. The highest BCUT2D eigenvalue weighted by Crippen LogP contribution is 2.34. The van der Waals surface area contributed by atoms with Gasteiger partial charge >= 0.3 is 0 Å². The molecule has 1 aliphatic heterocycles. The molecule has 0 saturated heterocycles. The third-order valence-corrected chi connectivity index (χ3v) is 3.86. The van der Waals surface area contributed by atoms with Crippen LogP contribution in [0.3, 0.4) is 0 Å². The average molecular weight is 362 g/mol. The predicted octanol–water partition coefficient (Wildman–Crippen LogP) is 5.08. The molecule has 2 rings (SSSR count). The van der Waals surface area contributed by atoms with E-state index in [-0.39, 0.29) is 22.0 Å². The largest absolute Gasteiger partial charge is 0.483 e. The van der Waals surface area contributed by atoms with E-state index in [2.05, 4.69) is 6.58 Å². The van der Waals surface area contributed by atoms with Crippen LogP contribution in [0.15, 0.2) is 47.7 Å². The molecule has 0 atom stereocenters. The van der Waals surface area contributed by atoms with E-state index < -0.39 is 18.8 Å². The van der Waals surface area contributed by atoms with E-state index in [9.17, 15) is 13.2 Å². The molecule has 0 saturated carbocycles. The van der Waals surface area contributed by atoms with E-state index in [1.165, 1.54) is 40.9 Å². The highest BCUT2D eigenvalue weighted by atomic mass is 35.5. The van der Waals surface area contributed by atoms with Crippen molar-refractivity contribution in [1.29, 1.82) is 0 Å². The number of nitrogens with zero attached hydrogens (tertiary/aromatic N) is 1. The number of hydrogen-bond acceptors (Lipinski definition) is 3. The van der Waals surface area contributed by atoms with Gasteiger partial charge in [0.05, 0.1) is 23.0 Å². The Labute approximate surface area is 142 Å². The molecule has 1 aromatic rings. The SMILES string of the molecule is C=C1C(Cl)=CC=C(c2ccc(OCSC)cc2F)N1CC(F)F. The maximum Gasteiger partial charge on any atom is 0.256 e. The van der Waals surface area contributed by atoms with Crippen molar-refractivity contribution < 1.29 is 17.9 Å². The molecule has 0 fully saturated rings. The van der Waals surface area contributed by atoms with Crippen molar-refractivity contribution in [2.75, 3.05) is 18.7 Å². The van der Waals surface area contributed by atoms with Crippen LogP contribution in [0.5, 0.6) is 5.75 Å². The molecule has 1 aromatic carbocycles. The van der Waals surface area contributed by atoms with E-state index in [0.29, 0.717) is 11.7 Å². The summed E-state index contributed by atoms with van der Waals surface area (Å²) in [5, 5.41) is 0.245. The van der Waals surface area contributed by atoms with Crippen LogP contribution in [0.2, 0.25) is 0 Å². The van der Waals surface area contributed by atoms with Gasteiger partial charge in [0.2, 0.25) is 0 Å². The predicted molar refractivity (Wildman–Crippen MR) is 89.2 cm³/mol. The summed E-state index contributed by atoms with van der Waals surface area (Å²) in [6.45, 7) is 3.08. The minimum absolute atomic E-state index is 0.184. The van der Waals surface area contributed by atoms with Gasteiger partial charge in [-0.1, -0.05) is 18.2 Å². The maximum atomic E-state index is 14.4. The Morgan fingerprint density at radius 2 is 2.09 bits per heavy atom. The molecule has 7 heteroatoms. The number of alkyl halides is 2. The molecule has 0 amide bonds. The van der Waals surface area contributed by atoms with Crippen molar-refractivity contribution in [1.82, 2.24) is 4.90 Å². The first-order valence-electron chi connectivity index (χ1n) is 6.68. The lowest BCUT2D eigenvalue weighted by molar-refractivity contribution is 0.123. The number of benzene rings is 1. The maximum absolute atomic E-state index is 14.4. The molecule has 1 aliphatic rings. The normalized spacial score (nSPS) is 14.9. The molecule has 0 bridgehead atoms. The van der Waals surface area contributed by atoms with E-state index in [0.717, 1.165) is 0 Å². The smallest absolute Gasteiger partial charge is 0.256 e. The fraction of sp³-hybridized carbons (Fsp3) is 0.250. The first-order chi connectivity index (χ1) is 10.9. The van der Waals surface area contributed by atoms with Gasteiger partial charge in [0.25, 0.3) is 6.43 Å². The number of ether oxygens (including phenoxy) is 1. The van der Waals surface area contributed by atoms with Gasteiger partial charge in [-0.25, -0.2) is 13.2 Å². The van der Waals surface area contributed by atoms with E-state index in [4.69, 9.17) is 16.3 Å². The topological polar surface area (TPSA) is 12.5 Å². The van der Waals surface area contributed by atoms with Crippen molar-refractivity contribution in [2.24, 2.45) is 0 Å². The Bertz CT molecular complexity index is 661. The van der Waals surface area contributed by atoms with Gasteiger partial charge in [-0.2, -0.15) is 0 Å². The Hall–Kier alpha value is -1.53. The number of allylic oxidation sites excluding steroid dienone is 3. The van der Waals surface area contributed by atoms with Crippen LogP contribution in [0.1, 0.15) is 5.56 Å². The van der Waals surface area contributed by atoms with Crippen LogP contribution in [-0.4, -0.2) is 30.1 Å². The number of rotatable bonds is 6. The third-order valence-electron chi connectivity index (χ3n) is 3.16. The van der Waals surface area contributed by atoms with Gasteiger partial charge in [0, 0.05) is 11.6 Å². The standard InChI is InChI=1S/C16H15ClF3NOS/c1-10-13(17)5-6-15(21(10)8-16(19)20)12-4-3-11(7-14(12)18)22-9-23-2/h3-7,16H,1,8-9H2,2H3. The molecule has 0 unspecified atom stereocenters. The van der Waals surface area contributed by atoms with Crippen LogP contribution in [-0.2, 0) is 0 Å². The minimum atomic E-state index is -2.61. The molecule has 0 aliphatic carbocycles. The first kappa shape index (κ1) is 17.8. The Morgan fingerprint density at radius 3 is 2.70 bits per heavy atom. The Balaban J connectivity index is 2.36. The lowest BCUT2D eigenvalue weighted by Crippen LogP contribution is -2.28. The van der Waals surface area contributed by atoms with Crippen LogP contribution in [0, 0.1) is 5.82 Å². The van der Waals surface area contributed by atoms with Gasteiger partial charge in [-0.15, -0.1) is 11.8 Å². The van der Waals surface area contributed by atoms with Gasteiger partial charge in [-0.05, 0) is 30.5 Å². The van der Waals surface area contributed by atoms with Crippen LogP contribution in [0.4, 0.5) is 13.2 Å². The molecule has 0 aromatic heterocycles. The molecule has 0 radical (unpaired) electrons. The zero-order valence-electron chi connectivity index (χ0n) is 12.4. The zero-order chi connectivity index (χ0) is 17.0. The Kier molecular flexibility index (Phi) is 6.07. The van der Waals surface area contributed by atoms with Crippen molar-refractivity contribution in [3.05, 3.63) is 59.0 Å². The number of hydrogen-bond donors (Lipinski definition) is 0. The minimum Gasteiger partial charge on any atom is -0.483 e. The molecule has 23 heavy (non-hydrogen) atoms. The molecule has 2 nitrogen and oxygen atoms in total. The highest BCUT2D eigenvalue weighted by Gasteiger charge is 2.25. The number of halogens is 4. The Morgan fingerprint density at radius 1 is 1.35 bits per heavy atom. The third kappa shape index (κ3) is 4.26. The molecule has 124 valence electrons. The number of thioether (sulfide) groups is 1. The van der Waals surface area contributed by atoms with E-state index in [1.807, 2.05) is 6.26 Å². The fourth-order valence-corrected chi connectivity index (χ4v) is 2.53. The highest BCUT2D eigenvalue weighted by molar-refractivity contribution is 7.98. The van der Waals surface area contributed by atoms with Gasteiger partial charge < -0.3 is 9.64 Å². The summed E-state index contributed by atoms with van der Waals surface area (Å²) < 4.78 is 45.3. The summed E-state index contributed by atoms with van der Waals surface area (Å²) in [7, 11) is 0. The van der Waals surface area contributed by atoms with Crippen LogP contribution >= 0.6 is 23.4 Å². The quantitative estimate of drug-likeness (QED) is 0.655. The van der Waals surface area contributed by atoms with Crippen LogP contribution in [0.25, 0.3) is 5.70 Å². The molecular formula is C16H15ClF3NOS. The fourth-order valence-electron chi connectivity index (χ4n) is 2.11. The second-order valence-electron chi connectivity index (χ2n) is 4.71. The van der Waals surface area contributed by atoms with Crippen molar-refractivity contribution in [3.63, 3.8) is 0 Å². The molecule has 1 heterocycles. The van der Waals surface area contributed by atoms with Gasteiger partial charge in [-0.3, -0.25) is 0 Å². The average Bonchev–Trinajstić information content (AvgIpc) is 2.50. The lowest BCUT2D eigenvalue weighted by atomic mass is 10.1. The van der Waals surface area contributed by atoms with Crippen LogP contribution < -0.4 is 4.74 Å². The van der Waals surface area contributed by atoms with Crippen molar-refractivity contribution in [2.45, 2.75) is 6.43 Å². The zero-order valence-corrected chi connectivity index (χ0v) is 13.9. The second kappa shape index (κ2) is 7.84. The van der Waals surface area contributed by atoms with E-state index >= 15 is 0 Å². The molecule has 0 N–H and O–H groups in total.